The molecule has 0 bridgehead atoms. The van der Waals surface area contributed by atoms with Crippen LogP contribution in [-0.4, -0.2) is 31.3 Å². The summed E-state index contributed by atoms with van der Waals surface area (Å²) in [5.74, 6) is -0.850. The van der Waals surface area contributed by atoms with E-state index in [0.717, 1.165) is 10.1 Å². The highest BCUT2D eigenvalue weighted by Crippen LogP contribution is 2.32. The third-order valence-corrected chi connectivity index (χ3v) is 4.67. The molecule has 0 atom stereocenters. The molecule has 10 heteroatoms. The summed E-state index contributed by atoms with van der Waals surface area (Å²) in [6, 6.07) is 4.54. The predicted molar refractivity (Wildman–Crippen MR) is 88.0 cm³/mol. The van der Waals surface area contributed by atoms with Gasteiger partial charge in [0.05, 0.1) is 12.1 Å². The maximum absolute atomic E-state index is 12.9. The van der Waals surface area contributed by atoms with E-state index in [-0.39, 0.29) is 36.8 Å². The number of aromatic nitrogens is 3. The van der Waals surface area contributed by atoms with Crippen LogP contribution in [0.25, 0.3) is 11.0 Å². The van der Waals surface area contributed by atoms with Gasteiger partial charge in [-0.25, -0.2) is 4.79 Å². The van der Waals surface area contributed by atoms with E-state index in [4.69, 9.17) is 4.42 Å². The van der Waals surface area contributed by atoms with E-state index in [1.807, 2.05) is 4.90 Å². The second-order valence-electron chi connectivity index (χ2n) is 6.49. The number of hydrogen-bond donors (Lipinski definition) is 1. The molecule has 0 aliphatic carbocycles. The molecule has 4 rings (SSSR count). The van der Waals surface area contributed by atoms with Crippen molar-refractivity contribution in [1.82, 2.24) is 19.7 Å². The van der Waals surface area contributed by atoms with Crippen LogP contribution in [0.2, 0.25) is 0 Å². The number of fused-ring (bicyclic) bond motifs is 2. The number of aromatic hydroxyl groups is 1. The summed E-state index contributed by atoms with van der Waals surface area (Å²) in [4.78, 5) is 13.6. The fourth-order valence-corrected chi connectivity index (χ4v) is 3.36. The molecule has 0 saturated heterocycles. The number of phenolic OH excluding ortho intramolecular Hbond substituents is 1. The summed E-state index contributed by atoms with van der Waals surface area (Å²) in [5, 5.41) is 17.8. The van der Waals surface area contributed by atoms with Gasteiger partial charge in [0, 0.05) is 31.1 Å². The first-order valence-electron chi connectivity index (χ1n) is 8.21. The molecular weight excluding hydrogens is 365 g/mol. The van der Waals surface area contributed by atoms with E-state index in [1.165, 1.54) is 12.1 Å². The molecule has 1 N–H and O–H groups in total. The zero-order valence-corrected chi connectivity index (χ0v) is 14.2. The van der Waals surface area contributed by atoms with Crippen LogP contribution in [0, 0.1) is 6.92 Å². The minimum atomic E-state index is -4.55. The number of nitrogens with zero attached hydrogens (tertiary/aromatic N) is 4. The van der Waals surface area contributed by atoms with Gasteiger partial charge in [-0.15, -0.1) is 10.2 Å². The molecule has 142 valence electrons. The average molecular weight is 380 g/mol. The van der Waals surface area contributed by atoms with E-state index in [9.17, 15) is 23.1 Å². The van der Waals surface area contributed by atoms with E-state index >= 15 is 0 Å². The van der Waals surface area contributed by atoms with Crippen molar-refractivity contribution >= 4 is 11.0 Å². The van der Waals surface area contributed by atoms with Crippen molar-refractivity contribution in [2.45, 2.75) is 32.7 Å². The first-order valence-corrected chi connectivity index (χ1v) is 8.21. The summed E-state index contributed by atoms with van der Waals surface area (Å²) in [6.07, 6.45) is -4.55. The van der Waals surface area contributed by atoms with Crippen molar-refractivity contribution in [3.8, 4) is 5.75 Å². The fraction of sp³-hybridized carbons (Fsp3) is 0.353. The Morgan fingerprint density at radius 2 is 2.04 bits per heavy atom. The van der Waals surface area contributed by atoms with Gasteiger partial charge in [-0.1, -0.05) is 0 Å². The van der Waals surface area contributed by atoms with Crippen molar-refractivity contribution in [3.63, 3.8) is 0 Å². The van der Waals surface area contributed by atoms with Crippen LogP contribution in [0.15, 0.2) is 27.4 Å². The molecule has 7 nitrogen and oxygen atoms in total. The maximum atomic E-state index is 12.9. The SMILES string of the molecule is Cc1cc(=O)oc2c(CN3CCn4c(nnc4C(F)(F)F)C3)c(O)ccc12. The Balaban J connectivity index is 1.67. The molecule has 1 aliphatic rings. The van der Waals surface area contributed by atoms with E-state index in [0.29, 0.717) is 17.5 Å². The molecule has 0 unspecified atom stereocenters. The van der Waals surface area contributed by atoms with Crippen molar-refractivity contribution < 1.29 is 22.7 Å². The monoisotopic (exact) mass is 380 g/mol. The highest BCUT2D eigenvalue weighted by Gasteiger charge is 2.39. The van der Waals surface area contributed by atoms with Gasteiger partial charge in [0.15, 0.2) is 0 Å². The summed E-state index contributed by atoms with van der Waals surface area (Å²) in [6.45, 7) is 2.48. The normalized spacial score (nSPS) is 15.3. The summed E-state index contributed by atoms with van der Waals surface area (Å²) < 4.78 is 45.2. The number of aryl methyl sites for hydroxylation is 1. The topological polar surface area (TPSA) is 84.4 Å². The van der Waals surface area contributed by atoms with Gasteiger partial charge in [0.25, 0.3) is 0 Å². The molecule has 0 spiro atoms. The molecule has 2 aromatic heterocycles. The molecule has 27 heavy (non-hydrogen) atoms. The highest BCUT2D eigenvalue weighted by atomic mass is 19.4. The Labute approximate surface area is 150 Å². The lowest BCUT2D eigenvalue weighted by molar-refractivity contribution is -0.148. The molecule has 0 radical (unpaired) electrons. The summed E-state index contributed by atoms with van der Waals surface area (Å²) in [5.41, 5.74) is 0.885. The molecule has 0 fully saturated rings. The summed E-state index contributed by atoms with van der Waals surface area (Å²) in [7, 11) is 0. The average Bonchev–Trinajstić information content (AvgIpc) is 3.01. The van der Waals surface area contributed by atoms with Crippen LogP contribution >= 0.6 is 0 Å². The van der Waals surface area contributed by atoms with E-state index in [2.05, 4.69) is 10.2 Å². The largest absolute Gasteiger partial charge is 0.507 e. The number of benzene rings is 1. The number of alkyl halides is 3. The van der Waals surface area contributed by atoms with Crippen LogP contribution in [0.3, 0.4) is 0 Å². The number of rotatable bonds is 2. The molecular formula is C17H15F3N4O3. The quantitative estimate of drug-likeness (QED) is 0.688. The van der Waals surface area contributed by atoms with E-state index < -0.39 is 17.6 Å². The van der Waals surface area contributed by atoms with Crippen molar-refractivity contribution in [2.75, 3.05) is 6.54 Å². The van der Waals surface area contributed by atoms with Crippen LogP contribution in [0.1, 0.15) is 22.8 Å². The molecule has 3 aromatic rings. The lowest BCUT2D eigenvalue weighted by Crippen LogP contribution is -2.35. The van der Waals surface area contributed by atoms with Crippen LogP contribution < -0.4 is 5.63 Å². The van der Waals surface area contributed by atoms with Gasteiger partial charge in [-0.05, 0) is 24.6 Å². The maximum Gasteiger partial charge on any atom is 0.451 e. The van der Waals surface area contributed by atoms with Gasteiger partial charge < -0.3 is 14.1 Å². The van der Waals surface area contributed by atoms with Gasteiger partial charge in [-0.2, -0.15) is 13.2 Å². The second-order valence-corrected chi connectivity index (χ2v) is 6.49. The van der Waals surface area contributed by atoms with E-state index in [1.54, 1.807) is 13.0 Å². The number of hydrogen-bond acceptors (Lipinski definition) is 6. The third kappa shape index (κ3) is 3.05. The Hall–Kier alpha value is -2.88. The van der Waals surface area contributed by atoms with Crippen molar-refractivity contribution in [1.29, 1.82) is 0 Å². The van der Waals surface area contributed by atoms with Crippen LogP contribution in [0.5, 0.6) is 5.75 Å². The minimum Gasteiger partial charge on any atom is -0.507 e. The van der Waals surface area contributed by atoms with Gasteiger partial charge in [-0.3, -0.25) is 4.90 Å². The first kappa shape index (κ1) is 17.5. The zero-order valence-electron chi connectivity index (χ0n) is 14.2. The van der Waals surface area contributed by atoms with Crippen molar-refractivity contribution in [3.05, 3.63) is 51.4 Å². The van der Waals surface area contributed by atoms with Gasteiger partial charge in [0.1, 0.15) is 17.2 Å². The lowest BCUT2D eigenvalue weighted by atomic mass is 10.1. The molecule has 0 saturated carbocycles. The summed E-state index contributed by atoms with van der Waals surface area (Å²) >= 11 is 0. The Morgan fingerprint density at radius 3 is 2.78 bits per heavy atom. The number of phenols is 1. The standard InChI is InChI=1S/C17H15F3N4O3/c1-9-6-14(26)27-15-10(9)2-3-12(25)11(15)7-23-4-5-24-13(8-23)21-22-16(24)17(18,19)20/h2-3,6,25H,4-5,7-8H2,1H3. The molecule has 3 heterocycles. The Morgan fingerprint density at radius 1 is 1.26 bits per heavy atom. The van der Waals surface area contributed by atoms with Gasteiger partial charge in [0.2, 0.25) is 5.82 Å². The zero-order chi connectivity index (χ0) is 19.3. The molecule has 0 amide bonds. The Bertz CT molecular complexity index is 1090. The smallest absolute Gasteiger partial charge is 0.451 e. The first-order chi connectivity index (χ1) is 12.7. The van der Waals surface area contributed by atoms with Crippen LogP contribution in [-0.2, 0) is 25.8 Å². The highest BCUT2D eigenvalue weighted by molar-refractivity contribution is 5.84. The van der Waals surface area contributed by atoms with Crippen LogP contribution in [0.4, 0.5) is 13.2 Å². The Kier molecular flexibility index (Phi) is 3.95. The lowest BCUT2D eigenvalue weighted by Gasteiger charge is -2.28. The van der Waals surface area contributed by atoms with Gasteiger partial charge >= 0.3 is 11.8 Å². The number of halogens is 3. The predicted octanol–water partition coefficient (Wildman–Crippen LogP) is 2.43. The third-order valence-electron chi connectivity index (χ3n) is 4.67. The molecule has 1 aromatic carbocycles. The second kappa shape index (κ2) is 6.08. The van der Waals surface area contributed by atoms with Crippen molar-refractivity contribution in [2.24, 2.45) is 0 Å². The molecule has 1 aliphatic heterocycles. The fourth-order valence-electron chi connectivity index (χ4n) is 3.36. The minimum absolute atomic E-state index is 0.0423.